The maximum Gasteiger partial charge on any atom is 0.146 e. The third-order valence-electron chi connectivity index (χ3n) is 4.15. The van der Waals surface area contributed by atoms with Gasteiger partial charge in [0.15, 0.2) is 0 Å². The van der Waals surface area contributed by atoms with Crippen LogP contribution in [0.2, 0.25) is 0 Å². The first-order valence-corrected chi connectivity index (χ1v) is 7.09. The molecule has 0 aromatic heterocycles. The van der Waals surface area contributed by atoms with E-state index < -0.39 is 5.82 Å². The van der Waals surface area contributed by atoms with E-state index in [-0.39, 0.29) is 17.3 Å². The first kappa shape index (κ1) is 14.3. The number of halogens is 2. The van der Waals surface area contributed by atoms with Crippen LogP contribution in [0, 0.1) is 23.0 Å². The van der Waals surface area contributed by atoms with E-state index in [1.807, 2.05) is 0 Å². The summed E-state index contributed by atoms with van der Waals surface area (Å²) in [5, 5.41) is 3.23. The van der Waals surface area contributed by atoms with Gasteiger partial charge in [0.05, 0.1) is 5.69 Å². The van der Waals surface area contributed by atoms with Gasteiger partial charge < -0.3 is 5.32 Å². The lowest BCUT2D eigenvalue weighted by molar-refractivity contribution is 0.162. The number of rotatable bonds is 2. The number of nitrogens with one attached hydrogen (secondary N) is 1. The summed E-state index contributed by atoms with van der Waals surface area (Å²) in [7, 11) is 0. The maximum atomic E-state index is 13.7. The lowest BCUT2D eigenvalue weighted by atomic mass is 9.69. The molecule has 0 spiro atoms. The normalized spacial score (nSPS) is 24.3. The van der Waals surface area contributed by atoms with Gasteiger partial charge in [0.2, 0.25) is 0 Å². The Labute approximate surface area is 114 Å². The van der Waals surface area contributed by atoms with Crippen molar-refractivity contribution in [3.05, 3.63) is 29.8 Å². The molecule has 0 amide bonds. The molecule has 2 unspecified atom stereocenters. The van der Waals surface area contributed by atoms with Crippen molar-refractivity contribution in [2.45, 2.75) is 52.5 Å². The van der Waals surface area contributed by atoms with Crippen LogP contribution < -0.4 is 5.32 Å². The molecule has 1 fully saturated rings. The van der Waals surface area contributed by atoms with Crippen LogP contribution in [0.25, 0.3) is 0 Å². The molecule has 2 rings (SSSR count). The van der Waals surface area contributed by atoms with Gasteiger partial charge in [-0.15, -0.1) is 0 Å². The zero-order valence-electron chi connectivity index (χ0n) is 12.0. The van der Waals surface area contributed by atoms with Crippen molar-refractivity contribution in [3.8, 4) is 0 Å². The smallest absolute Gasteiger partial charge is 0.146 e. The zero-order valence-corrected chi connectivity index (χ0v) is 12.0. The predicted molar refractivity (Wildman–Crippen MR) is 75.2 cm³/mol. The zero-order chi connectivity index (χ0) is 14.0. The van der Waals surface area contributed by atoms with E-state index in [1.54, 1.807) is 0 Å². The Balaban J connectivity index is 2.17. The SMILES string of the molecule is CC(C)(C)C1CCCCC1Nc1cc(F)ccc1F. The Kier molecular flexibility index (Phi) is 4.12. The third kappa shape index (κ3) is 3.46. The van der Waals surface area contributed by atoms with Gasteiger partial charge in [-0.05, 0) is 42.4 Å². The molecule has 1 saturated carbocycles. The summed E-state index contributed by atoms with van der Waals surface area (Å²) in [5.41, 5.74) is 0.475. The summed E-state index contributed by atoms with van der Waals surface area (Å²) in [5.74, 6) is -0.282. The quantitative estimate of drug-likeness (QED) is 0.796. The van der Waals surface area contributed by atoms with E-state index >= 15 is 0 Å². The molecule has 0 radical (unpaired) electrons. The molecule has 1 aliphatic carbocycles. The van der Waals surface area contributed by atoms with Crippen LogP contribution >= 0.6 is 0 Å². The van der Waals surface area contributed by atoms with Crippen molar-refractivity contribution in [1.82, 2.24) is 0 Å². The second-order valence-corrected chi connectivity index (χ2v) is 6.63. The minimum Gasteiger partial charge on any atom is -0.380 e. The summed E-state index contributed by atoms with van der Waals surface area (Å²) in [6, 6.07) is 3.82. The van der Waals surface area contributed by atoms with Gasteiger partial charge in [-0.25, -0.2) is 8.78 Å². The van der Waals surface area contributed by atoms with E-state index in [0.29, 0.717) is 11.6 Å². The van der Waals surface area contributed by atoms with Crippen molar-refractivity contribution >= 4 is 5.69 Å². The number of benzene rings is 1. The van der Waals surface area contributed by atoms with Crippen molar-refractivity contribution in [2.75, 3.05) is 5.32 Å². The topological polar surface area (TPSA) is 12.0 Å². The summed E-state index contributed by atoms with van der Waals surface area (Å²) in [6.07, 6.45) is 4.56. The molecular weight excluding hydrogens is 244 g/mol. The van der Waals surface area contributed by atoms with E-state index in [1.165, 1.54) is 18.6 Å². The highest BCUT2D eigenvalue weighted by Gasteiger charge is 2.34. The van der Waals surface area contributed by atoms with Gasteiger partial charge >= 0.3 is 0 Å². The summed E-state index contributed by atoms with van der Waals surface area (Å²) < 4.78 is 26.9. The van der Waals surface area contributed by atoms with E-state index in [2.05, 4.69) is 26.1 Å². The molecule has 0 saturated heterocycles. The van der Waals surface area contributed by atoms with Crippen molar-refractivity contribution < 1.29 is 8.78 Å². The first-order valence-electron chi connectivity index (χ1n) is 7.09. The molecule has 1 aromatic rings. The van der Waals surface area contributed by atoms with Crippen LogP contribution in [0.5, 0.6) is 0 Å². The Morgan fingerprint density at radius 3 is 2.47 bits per heavy atom. The Morgan fingerprint density at radius 1 is 1.11 bits per heavy atom. The molecule has 106 valence electrons. The van der Waals surface area contributed by atoms with E-state index in [9.17, 15) is 8.78 Å². The third-order valence-corrected chi connectivity index (χ3v) is 4.15. The van der Waals surface area contributed by atoms with Gasteiger partial charge in [0.25, 0.3) is 0 Å². The minimum absolute atomic E-state index is 0.182. The highest BCUT2D eigenvalue weighted by Crippen LogP contribution is 2.39. The summed E-state index contributed by atoms with van der Waals surface area (Å²) in [4.78, 5) is 0. The predicted octanol–water partition coefficient (Wildman–Crippen LogP) is 4.98. The van der Waals surface area contributed by atoms with Crippen LogP contribution in [0.1, 0.15) is 46.5 Å². The molecule has 19 heavy (non-hydrogen) atoms. The molecule has 0 aliphatic heterocycles. The van der Waals surface area contributed by atoms with E-state index in [0.717, 1.165) is 25.3 Å². The molecule has 1 N–H and O–H groups in total. The second kappa shape index (κ2) is 5.48. The standard InChI is InChI=1S/C16H23F2N/c1-16(2,3)12-6-4-5-7-14(12)19-15-10-11(17)8-9-13(15)18/h8-10,12,14,19H,4-7H2,1-3H3. The van der Waals surface area contributed by atoms with Gasteiger partial charge in [0, 0.05) is 6.04 Å². The van der Waals surface area contributed by atoms with Crippen LogP contribution in [0.15, 0.2) is 18.2 Å². The molecule has 3 heteroatoms. The van der Waals surface area contributed by atoms with Crippen molar-refractivity contribution in [2.24, 2.45) is 11.3 Å². The second-order valence-electron chi connectivity index (χ2n) is 6.63. The van der Waals surface area contributed by atoms with Gasteiger partial charge in [-0.2, -0.15) is 0 Å². The Hall–Kier alpha value is -1.12. The molecule has 2 atom stereocenters. The Bertz CT molecular complexity index is 437. The van der Waals surface area contributed by atoms with Gasteiger partial charge in [-0.1, -0.05) is 33.6 Å². The van der Waals surface area contributed by atoms with Crippen LogP contribution in [0.3, 0.4) is 0 Å². The lowest BCUT2D eigenvalue weighted by Gasteiger charge is -2.41. The number of hydrogen-bond acceptors (Lipinski definition) is 1. The van der Waals surface area contributed by atoms with Crippen LogP contribution in [-0.2, 0) is 0 Å². The average Bonchev–Trinajstić information content (AvgIpc) is 2.33. The molecule has 1 aromatic carbocycles. The fourth-order valence-electron chi connectivity index (χ4n) is 3.15. The number of anilines is 1. The molecular formula is C16H23F2N. The molecule has 1 nitrogen and oxygen atoms in total. The minimum atomic E-state index is -0.396. The van der Waals surface area contributed by atoms with Crippen LogP contribution in [-0.4, -0.2) is 6.04 Å². The van der Waals surface area contributed by atoms with E-state index in [4.69, 9.17) is 0 Å². The Morgan fingerprint density at radius 2 is 1.79 bits per heavy atom. The number of hydrogen-bond donors (Lipinski definition) is 1. The summed E-state index contributed by atoms with van der Waals surface area (Å²) >= 11 is 0. The fraction of sp³-hybridized carbons (Fsp3) is 0.625. The highest BCUT2D eigenvalue weighted by molar-refractivity contribution is 5.46. The fourth-order valence-corrected chi connectivity index (χ4v) is 3.15. The van der Waals surface area contributed by atoms with Crippen LogP contribution in [0.4, 0.5) is 14.5 Å². The molecule has 0 heterocycles. The first-order chi connectivity index (χ1) is 8.88. The van der Waals surface area contributed by atoms with Crippen molar-refractivity contribution in [1.29, 1.82) is 0 Å². The lowest BCUT2D eigenvalue weighted by Crippen LogP contribution is -2.40. The average molecular weight is 267 g/mol. The van der Waals surface area contributed by atoms with Gasteiger partial charge in [-0.3, -0.25) is 0 Å². The maximum absolute atomic E-state index is 13.7. The monoisotopic (exact) mass is 267 g/mol. The summed E-state index contributed by atoms with van der Waals surface area (Å²) in [6.45, 7) is 6.67. The van der Waals surface area contributed by atoms with Crippen molar-refractivity contribution in [3.63, 3.8) is 0 Å². The van der Waals surface area contributed by atoms with Gasteiger partial charge in [0.1, 0.15) is 11.6 Å². The highest BCUT2D eigenvalue weighted by atomic mass is 19.1. The largest absolute Gasteiger partial charge is 0.380 e. The molecule has 1 aliphatic rings. The molecule has 0 bridgehead atoms.